The molecular weight excluding hydrogens is 1680 g/mol. The predicted molar refractivity (Wildman–Crippen MR) is 501 cm³/mol. The summed E-state index contributed by atoms with van der Waals surface area (Å²) in [6.07, 6.45) is 24.1. The molecule has 4 amide bonds. The number of pyridine rings is 2. The lowest BCUT2D eigenvalue weighted by Gasteiger charge is -2.39. The van der Waals surface area contributed by atoms with E-state index in [1.807, 2.05) is 72.8 Å². The highest BCUT2D eigenvalue weighted by atomic mass is 16.5. The molecule has 17 heterocycles. The van der Waals surface area contributed by atoms with Crippen LogP contribution in [0.3, 0.4) is 0 Å². The summed E-state index contributed by atoms with van der Waals surface area (Å²) in [7, 11) is 5.74. The van der Waals surface area contributed by atoms with Gasteiger partial charge in [0.15, 0.2) is 70.5 Å². The summed E-state index contributed by atoms with van der Waals surface area (Å²) in [5.41, 5.74) is 9.76. The number of anilines is 10. The number of ether oxygens (including phenoxy) is 4. The Morgan fingerprint density at radius 2 is 0.924 bits per heavy atom. The fourth-order valence-electron chi connectivity index (χ4n) is 19.8. The van der Waals surface area contributed by atoms with Crippen LogP contribution in [-0.2, 0) is 62.7 Å². The van der Waals surface area contributed by atoms with Crippen LogP contribution in [0.15, 0.2) is 173 Å². The molecule has 678 valence electrons. The number of benzene rings is 4. The maximum atomic E-state index is 13.7. The number of piperazine rings is 1. The average Bonchev–Trinajstić information content (AvgIpc) is 1.57. The third-order valence-electron chi connectivity index (χ3n) is 27.0. The Kier molecular flexibility index (Phi) is 20.9. The average molecular weight is 1780 g/mol. The van der Waals surface area contributed by atoms with Crippen molar-refractivity contribution in [3.05, 3.63) is 211 Å². The van der Waals surface area contributed by atoms with Crippen molar-refractivity contribution in [3.63, 3.8) is 0 Å². The van der Waals surface area contributed by atoms with Gasteiger partial charge >= 0.3 is 6.09 Å². The highest BCUT2D eigenvalue weighted by molar-refractivity contribution is 6.03. The van der Waals surface area contributed by atoms with Crippen LogP contribution in [0.4, 0.5) is 62.7 Å². The van der Waals surface area contributed by atoms with Crippen molar-refractivity contribution in [2.75, 3.05) is 129 Å². The maximum Gasteiger partial charge on any atom is 0.409 e. The lowest BCUT2D eigenvalue weighted by molar-refractivity contribution is -0.132. The number of nitrogens with zero attached hydrogens (tertiary/aromatic N) is 21. The van der Waals surface area contributed by atoms with Crippen molar-refractivity contribution in [3.8, 4) is 34.6 Å². The predicted octanol–water partition coefficient (Wildman–Crippen LogP) is 11.9. The van der Waals surface area contributed by atoms with E-state index in [-0.39, 0.29) is 70.0 Å². The molecule has 35 nitrogen and oxygen atoms in total. The molecule has 11 aliphatic rings. The number of fused-ring (bicyclic) bond motifs is 19. The Morgan fingerprint density at radius 3 is 1.45 bits per heavy atom. The van der Waals surface area contributed by atoms with E-state index in [4.69, 9.17) is 43.9 Å². The quantitative estimate of drug-likeness (QED) is 0.125. The normalized spacial score (nSPS) is 19.2. The zero-order valence-corrected chi connectivity index (χ0v) is 75.4. The van der Waals surface area contributed by atoms with E-state index in [9.17, 15) is 33.6 Å². The zero-order valence-electron chi connectivity index (χ0n) is 75.4. The minimum Gasteiger partial charge on any atom is -0.480 e. The molecule has 8 aromatic heterocycles. The number of carbonyl (C=O) groups is 4. The number of amides is 4. The van der Waals surface area contributed by atoms with Crippen molar-refractivity contribution in [1.29, 1.82) is 0 Å². The summed E-state index contributed by atoms with van der Waals surface area (Å²) in [5, 5.41) is 11.1. The number of aromatic nitrogens is 14. The number of likely N-dealkylation sites (N-methyl/N-ethyl adjacent to an activating group) is 2. The van der Waals surface area contributed by atoms with E-state index in [0.29, 0.717) is 161 Å². The smallest absolute Gasteiger partial charge is 0.409 e. The molecule has 1 saturated heterocycles. The molecule has 2 saturated carbocycles. The van der Waals surface area contributed by atoms with Crippen molar-refractivity contribution >= 4 is 115 Å². The number of allylic oxidation sites excluding steroid dienone is 6. The van der Waals surface area contributed by atoms with Crippen molar-refractivity contribution in [2.24, 2.45) is 10.8 Å². The maximum absolute atomic E-state index is 13.7. The lowest BCUT2D eigenvalue weighted by Crippen LogP contribution is -2.52. The van der Waals surface area contributed by atoms with E-state index in [1.165, 1.54) is 42.3 Å². The lowest BCUT2D eigenvalue weighted by atomic mass is 9.87. The standard InChI is InChI=1S/C34H35N7O5.C32H34N8O3.C31H35N9O3/c1-33(2)30(43)39-14-6-4-5-7-15-40-29(42)24-18-35-31(37-28(24)41(40)23-9-11-27(46-33)26(39)17-23)36-22-8-10-25-21(16-22)19-38(32(44)45-3)20-34(25)12-13-34;1-31(2)10-4-5-13-39-29(42)22-15-33-30(34-21-6-7-23-20(14-21)16-37(3)19-32(23)11-12-32)36-27(22)40(39)25-9-8-24-28(35-25)38(18-31)26(41)17-43-24;1-31(2)12-4-5-13-39-29(42)23-18-32-30(33-21-6-8-22(9-7-21)37-16-14-36(3)15-17-37)35-27(23)40(39)25-11-10-24-28(34-25)38(20-31)26(41)19-43-24/h5,7-11,16-18H,4,6,12-15,19-20H2,1-3H3,(H,35,36,37);4-9,14-15H,10-13,16-19H2,1-3H3,(H,33,34,36);4-11,18H,12-17,19-20H2,1-3H3,(H,32,33,35). The molecule has 132 heavy (non-hydrogen) atoms. The summed E-state index contributed by atoms with van der Waals surface area (Å²) in [4.78, 5) is 145. The molecular formula is C97H104N24O11. The van der Waals surface area contributed by atoms with Gasteiger partial charge in [-0.2, -0.15) is 15.0 Å². The fourth-order valence-corrected chi connectivity index (χ4v) is 19.8. The van der Waals surface area contributed by atoms with E-state index in [0.717, 1.165) is 100 Å². The molecule has 12 aromatic rings. The Labute approximate surface area is 759 Å². The van der Waals surface area contributed by atoms with Gasteiger partial charge in [0.25, 0.3) is 34.4 Å². The number of hydrogen-bond acceptors (Lipinski definition) is 25. The Bertz CT molecular complexity index is 7020. The number of methoxy groups -OCH3 is 1. The molecule has 4 aromatic carbocycles. The zero-order chi connectivity index (χ0) is 91.0. The molecule has 3 fully saturated rings. The molecule has 23 rings (SSSR count). The first-order valence-electron chi connectivity index (χ1n) is 45.2. The van der Waals surface area contributed by atoms with Crippen LogP contribution >= 0.6 is 0 Å². The molecule has 3 N–H and O–H groups in total. The number of nitrogens with one attached hydrogen (secondary N) is 3. The summed E-state index contributed by atoms with van der Waals surface area (Å²) in [5.74, 6) is 4.22. The van der Waals surface area contributed by atoms with Gasteiger partial charge in [0.1, 0.15) is 21.9 Å². The van der Waals surface area contributed by atoms with Crippen LogP contribution in [0.25, 0.3) is 50.4 Å². The second kappa shape index (κ2) is 32.6. The topological polar surface area (TPSA) is 348 Å². The van der Waals surface area contributed by atoms with Crippen LogP contribution < -0.4 is 66.4 Å². The van der Waals surface area contributed by atoms with Gasteiger partial charge in [-0.25, -0.2) is 57.8 Å². The third-order valence-corrected chi connectivity index (χ3v) is 27.0. The van der Waals surface area contributed by atoms with Gasteiger partial charge in [-0.15, -0.1) is 0 Å². The Balaban J connectivity index is 0.000000119. The van der Waals surface area contributed by atoms with Crippen LogP contribution in [0, 0.1) is 10.8 Å². The second-order valence-electron chi connectivity index (χ2n) is 38.4. The first-order chi connectivity index (χ1) is 63.6. The van der Waals surface area contributed by atoms with Gasteiger partial charge in [-0.3, -0.25) is 38.6 Å². The minimum atomic E-state index is -0.981. The molecule has 2 spiro atoms. The van der Waals surface area contributed by atoms with Gasteiger partial charge in [-0.1, -0.05) is 76.3 Å². The molecule has 0 unspecified atom stereocenters. The molecule has 9 aliphatic heterocycles. The number of hydrogen-bond donors (Lipinski definition) is 3. The largest absolute Gasteiger partial charge is 0.480 e. The molecule has 0 radical (unpaired) electrons. The monoisotopic (exact) mass is 1780 g/mol. The second-order valence-corrected chi connectivity index (χ2v) is 38.4. The van der Waals surface area contributed by atoms with Crippen molar-refractivity contribution in [2.45, 2.75) is 142 Å². The van der Waals surface area contributed by atoms with Crippen molar-refractivity contribution in [1.82, 2.24) is 82.7 Å². The molecule has 35 heteroatoms. The summed E-state index contributed by atoms with van der Waals surface area (Å²) >= 11 is 0. The highest BCUT2D eigenvalue weighted by Gasteiger charge is 2.51. The summed E-state index contributed by atoms with van der Waals surface area (Å²) in [6, 6.07) is 33.8. The van der Waals surface area contributed by atoms with E-state index >= 15 is 0 Å². The van der Waals surface area contributed by atoms with Crippen LogP contribution in [0.5, 0.6) is 17.2 Å². The van der Waals surface area contributed by atoms with E-state index < -0.39 is 5.60 Å². The number of rotatable bonds is 7. The first kappa shape index (κ1) is 84.5. The first-order valence-corrected chi connectivity index (χ1v) is 45.2. The van der Waals surface area contributed by atoms with Gasteiger partial charge < -0.3 is 59.4 Å². The molecule has 6 bridgehead atoms. The third kappa shape index (κ3) is 15.7. The van der Waals surface area contributed by atoms with Crippen molar-refractivity contribution < 1.29 is 38.1 Å². The van der Waals surface area contributed by atoms with Gasteiger partial charge in [0, 0.05) is 124 Å². The minimum absolute atomic E-state index is 0.000520. The Hall–Kier alpha value is -14.4. The summed E-state index contributed by atoms with van der Waals surface area (Å²) in [6.45, 7) is 21.8. The van der Waals surface area contributed by atoms with E-state index in [2.05, 4.69) is 136 Å². The van der Waals surface area contributed by atoms with Gasteiger partial charge in [-0.05, 0) is 203 Å². The summed E-state index contributed by atoms with van der Waals surface area (Å²) < 4.78 is 32.7. The van der Waals surface area contributed by atoms with E-state index in [1.54, 1.807) is 98.3 Å². The SMILES string of the molecule is CN1CCN(c2ccc(Nc3ncc4c(=O)n5n(c4n3)-c3ccc4c(n3)N(CC(C)(C)CC=CC5)C(=O)CO4)cc2)CC1.CN1Cc2cc(Nc3ncc4c(=O)n5n(c4n3)-c3ccc4c(n3)N(CC(C)(C)CC=CC5)C(=O)CO4)ccc2C2(CC2)C1.COC(=O)N1Cc2cc(Nc3ncc4c(=O)n5n(c4n3)-c3ccc4c(c3)N(CCCC=CC5)C(=O)C(C)(C)O4)ccc2C2(CC2)C1. The Morgan fingerprint density at radius 1 is 0.455 bits per heavy atom. The fraction of sp³-hybridized carbons (Fsp3) is 0.392. The number of carbonyl (C=O) groups excluding carboxylic acids is 4. The van der Waals surface area contributed by atoms with Crippen LogP contribution in [-0.4, -0.2) is 205 Å². The molecule has 2 aliphatic carbocycles. The molecule has 0 atom stereocenters. The van der Waals surface area contributed by atoms with Gasteiger partial charge in [0.2, 0.25) is 17.8 Å². The van der Waals surface area contributed by atoms with Gasteiger partial charge in [0.05, 0.1) is 38.1 Å². The highest BCUT2D eigenvalue weighted by Crippen LogP contribution is 2.55. The van der Waals surface area contributed by atoms with Crippen LogP contribution in [0.2, 0.25) is 0 Å². The van der Waals surface area contributed by atoms with Crippen LogP contribution in [0.1, 0.15) is 115 Å².